The molecule has 0 fully saturated rings. The third-order valence-corrected chi connectivity index (χ3v) is 6.42. The van der Waals surface area contributed by atoms with E-state index < -0.39 is 64.8 Å². The van der Waals surface area contributed by atoms with E-state index in [2.05, 4.69) is 20.7 Å². The summed E-state index contributed by atoms with van der Waals surface area (Å²) in [4.78, 5) is 47.0. The lowest BCUT2D eigenvalue weighted by atomic mass is 10.1. The molecular weight excluding hydrogens is 524 g/mol. The van der Waals surface area contributed by atoms with Gasteiger partial charge in [-0.2, -0.15) is 5.48 Å². The highest BCUT2D eigenvalue weighted by Gasteiger charge is 2.26. The third kappa shape index (κ3) is 13.1. The van der Waals surface area contributed by atoms with Crippen LogP contribution in [0.1, 0.15) is 43.0 Å². The van der Waals surface area contributed by atoms with E-state index in [1.54, 1.807) is 0 Å². The van der Waals surface area contributed by atoms with Gasteiger partial charge in [-0.25, -0.2) is 13.1 Å². The average molecular weight is 559 g/mol. The topological polar surface area (TPSA) is 279 Å². The van der Waals surface area contributed by atoms with Crippen molar-refractivity contribution in [2.75, 3.05) is 13.1 Å². The van der Waals surface area contributed by atoms with E-state index in [1.807, 2.05) is 5.48 Å². The molecule has 16 nitrogen and oxygen atoms in total. The molecular formula is C21H34N8O8S. The van der Waals surface area contributed by atoms with Crippen molar-refractivity contribution in [2.24, 2.45) is 11.5 Å². The Hall–Kier alpha value is -3.64. The van der Waals surface area contributed by atoms with Crippen molar-refractivity contribution in [3.05, 3.63) is 35.4 Å². The lowest BCUT2D eigenvalue weighted by Crippen LogP contribution is -2.50. The monoisotopic (exact) mass is 558 g/mol. The molecule has 38 heavy (non-hydrogen) atoms. The molecule has 17 heteroatoms. The minimum absolute atomic E-state index is 0.231. The Balaban J connectivity index is 2.73. The molecule has 212 valence electrons. The second kappa shape index (κ2) is 16.3. The van der Waals surface area contributed by atoms with Crippen molar-refractivity contribution >= 4 is 40.1 Å². The fraction of sp³-hybridized carbons (Fsp3) is 0.476. The van der Waals surface area contributed by atoms with Crippen LogP contribution < -0.4 is 37.6 Å². The summed E-state index contributed by atoms with van der Waals surface area (Å²) in [6.45, 7) is -0.268. The number of nitrogens with two attached hydrogens (primary N) is 2. The van der Waals surface area contributed by atoms with Crippen LogP contribution >= 0.6 is 0 Å². The summed E-state index contributed by atoms with van der Waals surface area (Å²) in [6.07, 6.45) is -0.591. The second-order valence-corrected chi connectivity index (χ2v) is 9.97. The van der Waals surface area contributed by atoms with Gasteiger partial charge in [-0.15, -0.1) is 0 Å². The maximum absolute atomic E-state index is 12.7. The largest absolute Gasteiger partial charge is 0.481 e. The maximum Gasteiger partial charge on any atom is 0.303 e. The van der Waals surface area contributed by atoms with Gasteiger partial charge >= 0.3 is 5.97 Å². The van der Waals surface area contributed by atoms with Gasteiger partial charge in [-0.1, -0.05) is 24.3 Å². The normalized spacial score (nSPS) is 13.5. The van der Waals surface area contributed by atoms with E-state index in [1.165, 1.54) is 24.3 Å². The first-order valence-electron chi connectivity index (χ1n) is 11.4. The van der Waals surface area contributed by atoms with Crippen LogP contribution in [0, 0.1) is 5.41 Å². The summed E-state index contributed by atoms with van der Waals surface area (Å²) in [5.74, 6) is -3.66. The minimum Gasteiger partial charge on any atom is -0.481 e. The lowest BCUT2D eigenvalue weighted by Gasteiger charge is -2.19. The molecule has 3 atom stereocenters. The fourth-order valence-electron chi connectivity index (χ4n) is 3.15. The molecule has 0 bridgehead atoms. The Morgan fingerprint density at radius 1 is 1.11 bits per heavy atom. The van der Waals surface area contributed by atoms with Gasteiger partial charge in [-0.05, 0) is 30.4 Å². The highest BCUT2D eigenvalue weighted by atomic mass is 32.2. The summed E-state index contributed by atoms with van der Waals surface area (Å²) < 4.78 is 27.5. The predicted molar refractivity (Wildman–Crippen MR) is 135 cm³/mol. The quantitative estimate of drug-likeness (QED) is 0.0221. The van der Waals surface area contributed by atoms with Crippen LogP contribution in [-0.4, -0.2) is 73.9 Å². The van der Waals surface area contributed by atoms with Crippen molar-refractivity contribution in [3.63, 3.8) is 0 Å². The van der Waals surface area contributed by atoms with Crippen LogP contribution in [0.5, 0.6) is 0 Å². The number of guanidine groups is 1. The van der Waals surface area contributed by atoms with Crippen LogP contribution in [0.4, 0.5) is 0 Å². The van der Waals surface area contributed by atoms with Gasteiger partial charge in [-0.3, -0.25) is 19.8 Å². The average Bonchev–Trinajstić information content (AvgIpc) is 2.86. The summed E-state index contributed by atoms with van der Waals surface area (Å²) in [5, 5.41) is 32.1. The van der Waals surface area contributed by atoms with E-state index in [9.17, 15) is 27.6 Å². The van der Waals surface area contributed by atoms with Crippen molar-refractivity contribution in [3.8, 4) is 0 Å². The Morgan fingerprint density at radius 3 is 2.32 bits per heavy atom. The SMILES string of the molecule is N=C(N)NCCCC(C=O)NC(=O)CNC(=O)C(CCC(=O)O)NS(=O)(=O)Cc1ccc(C(N)NO)cc1. The van der Waals surface area contributed by atoms with Gasteiger partial charge in [0.05, 0.1) is 18.3 Å². The molecule has 0 spiro atoms. The summed E-state index contributed by atoms with van der Waals surface area (Å²) >= 11 is 0. The molecule has 0 saturated heterocycles. The number of hydroxylamine groups is 1. The van der Waals surface area contributed by atoms with Gasteiger partial charge in [0.2, 0.25) is 21.8 Å². The number of amides is 2. The zero-order valence-electron chi connectivity index (χ0n) is 20.5. The smallest absolute Gasteiger partial charge is 0.303 e. The number of carboxylic acid groups (broad SMARTS) is 1. The number of carboxylic acids is 1. The van der Waals surface area contributed by atoms with Crippen molar-refractivity contribution in [1.29, 1.82) is 5.41 Å². The van der Waals surface area contributed by atoms with Crippen molar-refractivity contribution in [1.82, 2.24) is 26.2 Å². The zero-order chi connectivity index (χ0) is 28.7. The zero-order valence-corrected chi connectivity index (χ0v) is 21.3. The highest BCUT2D eigenvalue weighted by Crippen LogP contribution is 2.12. The molecule has 1 aromatic carbocycles. The Labute approximate surface area is 219 Å². The van der Waals surface area contributed by atoms with Gasteiger partial charge in [0.1, 0.15) is 18.5 Å². The molecule has 0 saturated carbocycles. The number of carbonyl (C=O) groups is 4. The van der Waals surface area contributed by atoms with Crippen LogP contribution in [0.3, 0.4) is 0 Å². The molecule has 0 heterocycles. The molecule has 3 unspecified atom stereocenters. The molecule has 0 aliphatic carbocycles. The number of hydrogen-bond donors (Lipinski definition) is 10. The number of sulfonamides is 1. The molecule has 1 rings (SSSR count). The van der Waals surface area contributed by atoms with Crippen molar-refractivity contribution < 1.29 is 37.9 Å². The number of carbonyl (C=O) groups excluding carboxylic acids is 3. The molecule has 12 N–H and O–H groups in total. The van der Waals surface area contributed by atoms with Gasteiger partial charge in [0, 0.05) is 13.0 Å². The summed E-state index contributed by atoms with van der Waals surface area (Å²) in [5.41, 5.74) is 13.4. The Morgan fingerprint density at radius 2 is 1.76 bits per heavy atom. The number of aldehydes is 1. The second-order valence-electron chi connectivity index (χ2n) is 8.22. The fourth-order valence-corrected chi connectivity index (χ4v) is 4.53. The minimum atomic E-state index is -4.12. The summed E-state index contributed by atoms with van der Waals surface area (Å²) in [7, 11) is -4.12. The molecule has 0 aliphatic heterocycles. The maximum atomic E-state index is 12.7. The first kappa shape index (κ1) is 32.4. The Kier molecular flexibility index (Phi) is 13.9. The van der Waals surface area contributed by atoms with E-state index in [0.717, 1.165) is 0 Å². The first-order chi connectivity index (χ1) is 17.9. The van der Waals surface area contributed by atoms with Gasteiger partial charge < -0.3 is 42.5 Å². The number of nitrogens with one attached hydrogen (secondary N) is 6. The number of benzene rings is 1. The van der Waals surface area contributed by atoms with Gasteiger partial charge in [0.15, 0.2) is 5.96 Å². The third-order valence-electron chi connectivity index (χ3n) is 5.06. The van der Waals surface area contributed by atoms with E-state index in [0.29, 0.717) is 30.4 Å². The predicted octanol–water partition coefficient (Wildman–Crippen LogP) is -2.66. The van der Waals surface area contributed by atoms with Crippen LogP contribution in [0.25, 0.3) is 0 Å². The van der Waals surface area contributed by atoms with Crippen molar-refractivity contribution in [2.45, 2.75) is 49.7 Å². The van der Waals surface area contributed by atoms with E-state index >= 15 is 0 Å². The number of rotatable bonds is 18. The van der Waals surface area contributed by atoms with Crippen LogP contribution in [-0.2, 0) is 35.0 Å². The van der Waals surface area contributed by atoms with E-state index in [4.69, 9.17) is 27.2 Å². The molecule has 0 radical (unpaired) electrons. The highest BCUT2D eigenvalue weighted by molar-refractivity contribution is 7.88. The Bertz CT molecular complexity index is 1070. The molecule has 2 amide bonds. The standard InChI is InChI=1S/C21H34N8O8S/c22-19(28-35)14-5-3-13(4-6-14)12-38(36,37)29-16(7-8-18(32)33)20(34)26-10-17(31)27-15(11-30)2-1-9-25-21(23)24/h3-6,11,15-16,19,28-29,35H,1-2,7-10,12,22H2,(H,26,34)(H,27,31)(H,32,33)(H4,23,24,25). The first-order valence-corrected chi connectivity index (χ1v) is 13.1. The lowest BCUT2D eigenvalue weighted by molar-refractivity contribution is -0.137. The molecule has 0 aromatic heterocycles. The number of hydrogen-bond acceptors (Lipinski definition) is 10. The number of aliphatic carboxylic acids is 1. The summed E-state index contributed by atoms with van der Waals surface area (Å²) in [6, 6.07) is 3.58. The molecule has 1 aromatic rings. The van der Waals surface area contributed by atoms with Crippen LogP contribution in [0.15, 0.2) is 24.3 Å². The van der Waals surface area contributed by atoms with E-state index in [-0.39, 0.29) is 18.8 Å². The molecule has 0 aliphatic rings. The van der Waals surface area contributed by atoms with Crippen LogP contribution in [0.2, 0.25) is 0 Å². The van der Waals surface area contributed by atoms with Gasteiger partial charge in [0.25, 0.3) is 0 Å².